The van der Waals surface area contributed by atoms with E-state index in [1.165, 1.54) is 103 Å². The van der Waals surface area contributed by atoms with E-state index in [-0.39, 0.29) is 63.9 Å². The second-order valence-corrected chi connectivity index (χ2v) is 10.2. The molecule has 0 fully saturated rings. The standard InChI is InChI=1S/C26H52O4S.K/c1-3-5-7-9-10-11-12-13-14-15-16-17-18-20-22-24-26(25-30-31(27,28)29)23-21-19-8-6-4-2;/h22,24,26H,3-21,23,25H2,1-2H3,(H,27,28,29);/q;+1/p-1/b24-22+;. The third-order valence-corrected chi connectivity index (χ3v) is 6.41. The van der Waals surface area contributed by atoms with Crippen LogP contribution in [0.4, 0.5) is 0 Å². The van der Waals surface area contributed by atoms with E-state index in [9.17, 15) is 13.0 Å². The Morgan fingerprint density at radius 2 is 1.09 bits per heavy atom. The van der Waals surface area contributed by atoms with Gasteiger partial charge in [-0.15, -0.1) is 0 Å². The van der Waals surface area contributed by atoms with E-state index >= 15 is 0 Å². The van der Waals surface area contributed by atoms with Crippen LogP contribution >= 0.6 is 0 Å². The third kappa shape index (κ3) is 29.3. The molecule has 0 bridgehead atoms. The fourth-order valence-electron chi connectivity index (χ4n) is 3.98. The molecule has 4 nitrogen and oxygen atoms in total. The Morgan fingerprint density at radius 3 is 1.53 bits per heavy atom. The van der Waals surface area contributed by atoms with Gasteiger partial charge in [0.15, 0.2) is 0 Å². The molecule has 0 aliphatic heterocycles. The molecule has 0 amide bonds. The van der Waals surface area contributed by atoms with Gasteiger partial charge in [0, 0.05) is 5.92 Å². The molecule has 0 N–H and O–H groups in total. The predicted molar refractivity (Wildman–Crippen MR) is 132 cm³/mol. The van der Waals surface area contributed by atoms with E-state index in [1.54, 1.807) is 0 Å². The van der Waals surface area contributed by atoms with Crippen LogP contribution in [0.3, 0.4) is 0 Å². The van der Waals surface area contributed by atoms with E-state index in [0.717, 1.165) is 25.7 Å². The molecule has 0 aromatic carbocycles. The Balaban J connectivity index is 0. The Morgan fingerprint density at radius 1 is 0.688 bits per heavy atom. The average molecular weight is 499 g/mol. The van der Waals surface area contributed by atoms with Crippen molar-refractivity contribution in [2.75, 3.05) is 6.61 Å². The zero-order chi connectivity index (χ0) is 23.0. The van der Waals surface area contributed by atoms with Gasteiger partial charge < -0.3 is 4.55 Å². The smallest absolute Gasteiger partial charge is 0.726 e. The van der Waals surface area contributed by atoms with Crippen molar-refractivity contribution in [1.29, 1.82) is 0 Å². The predicted octanol–water partition coefficient (Wildman–Crippen LogP) is 5.48. The van der Waals surface area contributed by atoms with Crippen LogP contribution in [0.2, 0.25) is 0 Å². The summed E-state index contributed by atoms with van der Waals surface area (Å²) < 4.78 is 36.8. The van der Waals surface area contributed by atoms with E-state index < -0.39 is 10.4 Å². The molecule has 1 atom stereocenters. The minimum Gasteiger partial charge on any atom is -0.726 e. The molecule has 186 valence electrons. The molecule has 0 aromatic rings. The van der Waals surface area contributed by atoms with Crippen molar-refractivity contribution < 1.29 is 68.5 Å². The van der Waals surface area contributed by atoms with E-state index in [1.807, 2.05) is 0 Å². The summed E-state index contributed by atoms with van der Waals surface area (Å²) in [6.07, 6.45) is 29.6. The number of unbranched alkanes of at least 4 members (excludes halogenated alkanes) is 17. The van der Waals surface area contributed by atoms with Crippen molar-refractivity contribution in [3.8, 4) is 0 Å². The normalized spacial score (nSPS) is 12.8. The van der Waals surface area contributed by atoms with Gasteiger partial charge in [0.05, 0.1) is 6.61 Å². The number of rotatable bonds is 24. The van der Waals surface area contributed by atoms with Gasteiger partial charge in [0.25, 0.3) is 0 Å². The van der Waals surface area contributed by atoms with E-state index in [2.05, 4.69) is 30.2 Å². The Hall–Kier alpha value is 1.25. The molecular weight excluding hydrogens is 447 g/mol. The summed E-state index contributed by atoms with van der Waals surface area (Å²) in [7, 11) is -4.60. The van der Waals surface area contributed by atoms with Crippen molar-refractivity contribution >= 4 is 10.4 Å². The zero-order valence-corrected chi connectivity index (χ0v) is 25.6. The molecule has 0 aliphatic carbocycles. The summed E-state index contributed by atoms with van der Waals surface area (Å²) in [4.78, 5) is 0. The van der Waals surface area contributed by atoms with Gasteiger partial charge in [-0.25, -0.2) is 8.42 Å². The monoisotopic (exact) mass is 498 g/mol. The molecule has 0 radical (unpaired) electrons. The van der Waals surface area contributed by atoms with Gasteiger partial charge in [0.2, 0.25) is 10.4 Å². The summed E-state index contributed by atoms with van der Waals surface area (Å²) in [5.41, 5.74) is 0. The average Bonchev–Trinajstić information content (AvgIpc) is 2.73. The molecule has 1 unspecified atom stereocenters. The van der Waals surface area contributed by atoms with Gasteiger partial charge in [-0.3, -0.25) is 4.18 Å². The largest absolute Gasteiger partial charge is 1.00 e. The third-order valence-electron chi connectivity index (χ3n) is 5.99. The molecule has 0 rings (SSSR count). The first-order valence-electron chi connectivity index (χ1n) is 13.3. The van der Waals surface area contributed by atoms with Crippen molar-refractivity contribution in [2.24, 2.45) is 5.92 Å². The SMILES string of the molecule is CCCCCCCCCCCCCCC/C=C/C(CCCCCCC)COS(=O)(=O)[O-].[K+]. The molecule has 0 heterocycles. The van der Waals surface area contributed by atoms with Crippen molar-refractivity contribution in [3.05, 3.63) is 12.2 Å². The Bertz CT molecular complexity index is 494. The van der Waals surface area contributed by atoms with Gasteiger partial charge in [-0.05, 0) is 19.3 Å². The maximum Gasteiger partial charge on any atom is 1.00 e. The maximum atomic E-state index is 10.8. The number of hydrogen-bond acceptors (Lipinski definition) is 4. The fourth-order valence-corrected chi connectivity index (χ4v) is 4.33. The molecule has 6 heteroatoms. The first-order chi connectivity index (χ1) is 15.0. The Kier molecular flexibility index (Phi) is 29.7. The van der Waals surface area contributed by atoms with Gasteiger partial charge in [0.1, 0.15) is 0 Å². The van der Waals surface area contributed by atoms with Crippen LogP contribution in [0.1, 0.15) is 142 Å². The van der Waals surface area contributed by atoms with Crippen LogP contribution in [-0.4, -0.2) is 19.6 Å². The maximum absolute atomic E-state index is 10.8. The molecule has 0 aliphatic rings. The zero-order valence-electron chi connectivity index (χ0n) is 21.6. The topological polar surface area (TPSA) is 66.4 Å². The number of allylic oxidation sites excluding steroid dienone is 1. The number of hydrogen-bond donors (Lipinski definition) is 0. The summed E-state index contributed by atoms with van der Waals surface area (Å²) in [6, 6.07) is 0. The van der Waals surface area contributed by atoms with Crippen LogP contribution in [0.5, 0.6) is 0 Å². The van der Waals surface area contributed by atoms with Gasteiger partial charge >= 0.3 is 51.4 Å². The van der Waals surface area contributed by atoms with Crippen LogP contribution in [0.25, 0.3) is 0 Å². The molecule has 0 spiro atoms. The van der Waals surface area contributed by atoms with E-state index in [4.69, 9.17) is 0 Å². The van der Waals surface area contributed by atoms with Crippen LogP contribution in [-0.2, 0) is 14.6 Å². The molecule has 0 saturated carbocycles. The minimum absolute atomic E-state index is 0. The summed E-state index contributed by atoms with van der Waals surface area (Å²) >= 11 is 0. The molecule has 0 aromatic heterocycles. The van der Waals surface area contributed by atoms with Gasteiger partial charge in [-0.2, -0.15) is 0 Å². The Labute approximate surface area is 243 Å². The molecule has 0 saturated heterocycles. The molecular formula is C26H51KO4S. The van der Waals surface area contributed by atoms with Crippen LogP contribution in [0, 0.1) is 5.92 Å². The second kappa shape index (κ2) is 26.8. The minimum atomic E-state index is -4.60. The molecule has 32 heavy (non-hydrogen) atoms. The first-order valence-corrected chi connectivity index (χ1v) is 14.6. The summed E-state index contributed by atoms with van der Waals surface area (Å²) in [6.45, 7) is 4.44. The van der Waals surface area contributed by atoms with Crippen molar-refractivity contribution in [2.45, 2.75) is 142 Å². The van der Waals surface area contributed by atoms with Gasteiger partial charge in [-0.1, -0.05) is 135 Å². The fraction of sp³-hybridized carbons (Fsp3) is 0.923. The second-order valence-electron chi connectivity index (χ2n) is 9.12. The quantitative estimate of drug-likeness (QED) is 0.0581. The van der Waals surface area contributed by atoms with Crippen LogP contribution in [0.15, 0.2) is 12.2 Å². The van der Waals surface area contributed by atoms with Crippen molar-refractivity contribution in [1.82, 2.24) is 0 Å². The summed E-state index contributed by atoms with van der Waals surface area (Å²) in [5, 5.41) is 0. The first kappa shape index (κ1) is 35.4. The van der Waals surface area contributed by atoms with Crippen LogP contribution < -0.4 is 51.4 Å². The van der Waals surface area contributed by atoms with E-state index in [0.29, 0.717) is 0 Å². The van der Waals surface area contributed by atoms with Crippen molar-refractivity contribution in [3.63, 3.8) is 0 Å². The summed E-state index contributed by atoms with van der Waals surface area (Å²) in [5.74, 6) is 0.0207.